The number of aromatic amines is 1. The third-order valence-electron chi connectivity index (χ3n) is 8.02. The van der Waals surface area contributed by atoms with Crippen LogP contribution in [0.25, 0.3) is 22.9 Å². The molecule has 2 aromatic heterocycles. The van der Waals surface area contributed by atoms with Crippen molar-refractivity contribution in [1.82, 2.24) is 25.1 Å². The molecule has 1 N–H and O–H groups in total. The number of nitrogens with zero attached hydrogens (tertiary/aromatic N) is 7. The number of sulfonamides is 2. The van der Waals surface area contributed by atoms with Gasteiger partial charge in [0.15, 0.2) is 11.6 Å². The minimum atomic E-state index is -4.10. The molecule has 220 valence electrons. The summed E-state index contributed by atoms with van der Waals surface area (Å²) in [5.74, 6) is 1.48. The Kier molecular flexibility index (Phi) is 6.93. The molecule has 0 bridgehead atoms. The molecule has 3 aliphatic rings. The van der Waals surface area contributed by atoms with Crippen LogP contribution in [0.2, 0.25) is 0 Å². The summed E-state index contributed by atoms with van der Waals surface area (Å²) >= 11 is 0. The zero-order chi connectivity index (χ0) is 29.0. The Hall–Kier alpha value is -3.30. The Labute approximate surface area is 240 Å². The van der Waals surface area contributed by atoms with E-state index in [-0.39, 0.29) is 5.69 Å². The van der Waals surface area contributed by atoms with Gasteiger partial charge in [0, 0.05) is 43.1 Å². The topological polar surface area (TPSA) is 155 Å². The molecule has 4 heterocycles. The Balaban J connectivity index is 1.39. The lowest BCUT2D eigenvalue weighted by atomic mass is 9.93. The van der Waals surface area contributed by atoms with Gasteiger partial charge in [0.05, 0.1) is 31.4 Å². The highest BCUT2D eigenvalue weighted by Crippen LogP contribution is 2.54. The SMILES string of the molecule is Cc1cc(-c2nc(-c3ccc(N(S(C)(=O)=O)S(C)(=O)=O)cc3N3CCC4(CC3)CC4)n[nH]2)nc(N2CCOCC2)n1. The zero-order valence-corrected chi connectivity index (χ0v) is 25.0. The van der Waals surface area contributed by atoms with Gasteiger partial charge in [-0.15, -0.1) is 0 Å². The van der Waals surface area contributed by atoms with Crippen LogP contribution >= 0.6 is 0 Å². The van der Waals surface area contributed by atoms with E-state index in [2.05, 4.69) is 25.0 Å². The van der Waals surface area contributed by atoms with Crippen LogP contribution in [0.1, 0.15) is 31.4 Å². The normalized spacial score (nSPS) is 19.0. The van der Waals surface area contributed by atoms with E-state index in [0.29, 0.717) is 70.0 Å². The monoisotopic (exact) mass is 602 g/mol. The van der Waals surface area contributed by atoms with Crippen LogP contribution in [0, 0.1) is 12.3 Å². The molecule has 6 rings (SSSR count). The van der Waals surface area contributed by atoms with Gasteiger partial charge < -0.3 is 14.5 Å². The summed E-state index contributed by atoms with van der Waals surface area (Å²) in [4.78, 5) is 18.3. The standard InChI is InChI=1S/C26H34N8O5S2/c1-18-16-21(28-25(27-18)33-12-14-39-15-13-33)24-29-23(30-31-24)20-5-4-19(34(40(2,35)36)41(3,37)38)17-22(20)32-10-8-26(6-7-26)9-11-32/h4-5,16-17H,6-15H2,1-3H3,(H,29,30,31). The molecule has 3 aromatic rings. The second-order valence-corrected chi connectivity index (χ2v) is 15.1. The Morgan fingerprint density at radius 2 is 1.56 bits per heavy atom. The number of hydrogen-bond donors (Lipinski definition) is 1. The molecule has 0 amide bonds. The summed E-state index contributed by atoms with van der Waals surface area (Å²) in [6.07, 6.45) is 6.30. The summed E-state index contributed by atoms with van der Waals surface area (Å²) < 4.78 is 56.0. The van der Waals surface area contributed by atoms with Gasteiger partial charge in [0.25, 0.3) is 0 Å². The lowest BCUT2D eigenvalue weighted by Crippen LogP contribution is -2.37. The smallest absolute Gasteiger partial charge is 0.245 e. The van der Waals surface area contributed by atoms with E-state index in [1.54, 1.807) is 12.1 Å². The van der Waals surface area contributed by atoms with E-state index in [1.165, 1.54) is 18.9 Å². The van der Waals surface area contributed by atoms with E-state index < -0.39 is 20.0 Å². The second-order valence-electron chi connectivity index (χ2n) is 11.2. The minimum absolute atomic E-state index is 0.0535. The Morgan fingerprint density at radius 3 is 2.20 bits per heavy atom. The summed E-state index contributed by atoms with van der Waals surface area (Å²) in [5, 5.41) is 7.50. The van der Waals surface area contributed by atoms with Crippen molar-refractivity contribution in [3.63, 3.8) is 0 Å². The molecule has 1 saturated carbocycles. The quantitative estimate of drug-likeness (QED) is 0.423. The van der Waals surface area contributed by atoms with Gasteiger partial charge in [0.2, 0.25) is 26.0 Å². The first-order valence-electron chi connectivity index (χ1n) is 13.6. The van der Waals surface area contributed by atoms with Gasteiger partial charge in [-0.25, -0.2) is 31.8 Å². The maximum absolute atomic E-state index is 12.5. The zero-order valence-electron chi connectivity index (χ0n) is 23.4. The summed E-state index contributed by atoms with van der Waals surface area (Å²) in [7, 11) is -8.19. The highest BCUT2D eigenvalue weighted by Gasteiger charge is 2.44. The molecule has 2 aliphatic heterocycles. The van der Waals surface area contributed by atoms with Crippen molar-refractivity contribution >= 4 is 37.4 Å². The van der Waals surface area contributed by atoms with E-state index in [1.807, 2.05) is 13.0 Å². The highest BCUT2D eigenvalue weighted by molar-refractivity contribution is 8.09. The second kappa shape index (κ2) is 10.2. The van der Waals surface area contributed by atoms with Crippen LogP contribution in [0.4, 0.5) is 17.3 Å². The van der Waals surface area contributed by atoms with Crippen molar-refractivity contribution in [2.75, 3.05) is 65.4 Å². The third kappa shape index (κ3) is 5.75. The van der Waals surface area contributed by atoms with Gasteiger partial charge in [-0.1, -0.05) is 0 Å². The summed E-state index contributed by atoms with van der Waals surface area (Å²) in [6, 6.07) is 6.62. The first-order chi connectivity index (χ1) is 19.4. The summed E-state index contributed by atoms with van der Waals surface area (Å²) in [5.41, 5.74) is 3.23. The molecular formula is C26H34N8O5S2. The number of morpholine rings is 1. The fourth-order valence-electron chi connectivity index (χ4n) is 5.69. The predicted molar refractivity (Wildman–Crippen MR) is 156 cm³/mol. The highest BCUT2D eigenvalue weighted by atomic mass is 32.3. The third-order valence-corrected chi connectivity index (χ3v) is 11.3. The fraction of sp³-hybridized carbons (Fsp3) is 0.538. The molecule has 13 nitrogen and oxygen atoms in total. The lowest BCUT2D eigenvalue weighted by Gasteiger charge is -2.35. The molecule has 15 heteroatoms. The lowest BCUT2D eigenvalue weighted by molar-refractivity contribution is 0.122. The number of H-pyrrole nitrogens is 1. The molecule has 0 atom stereocenters. The number of aryl methyl sites for hydroxylation is 1. The van der Waals surface area contributed by atoms with Crippen LogP contribution in [-0.4, -0.2) is 93.9 Å². The maximum atomic E-state index is 12.5. The number of benzene rings is 1. The number of ether oxygens (including phenoxy) is 1. The van der Waals surface area contributed by atoms with Crippen molar-refractivity contribution in [1.29, 1.82) is 0 Å². The van der Waals surface area contributed by atoms with E-state index in [4.69, 9.17) is 14.7 Å². The number of piperidine rings is 1. The van der Waals surface area contributed by atoms with Crippen LogP contribution in [0.15, 0.2) is 24.3 Å². The maximum Gasteiger partial charge on any atom is 0.245 e. The van der Waals surface area contributed by atoms with Crippen LogP contribution in [-0.2, 0) is 24.8 Å². The Morgan fingerprint density at radius 1 is 0.878 bits per heavy atom. The first-order valence-corrected chi connectivity index (χ1v) is 17.3. The van der Waals surface area contributed by atoms with E-state index >= 15 is 0 Å². The molecule has 0 unspecified atom stereocenters. The number of aromatic nitrogens is 5. The van der Waals surface area contributed by atoms with Crippen molar-refractivity contribution in [2.24, 2.45) is 5.41 Å². The molecule has 3 fully saturated rings. The number of anilines is 3. The van der Waals surface area contributed by atoms with E-state index in [0.717, 1.165) is 44.1 Å². The van der Waals surface area contributed by atoms with Crippen molar-refractivity contribution in [2.45, 2.75) is 32.6 Å². The van der Waals surface area contributed by atoms with Crippen molar-refractivity contribution in [3.8, 4) is 22.9 Å². The van der Waals surface area contributed by atoms with Gasteiger partial charge in [-0.2, -0.15) is 8.81 Å². The van der Waals surface area contributed by atoms with Crippen LogP contribution in [0.5, 0.6) is 0 Å². The summed E-state index contributed by atoms with van der Waals surface area (Å²) in [6.45, 7) is 6.10. The predicted octanol–water partition coefficient (Wildman–Crippen LogP) is 2.18. The van der Waals surface area contributed by atoms with Crippen LogP contribution < -0.4 is 13.5 Å². The molecule has 1 spiro atoms. The van der Waals surface area contributed by atoms with Gasteiger partial charge in [0.1, 0.15) is 5.69 Å². The Bertz CT molecular complexity index is 1640. The molecule has 41 heavy (non-hydrogen) atoms. The van der Waals surface area contributed by atoms with E-state index in [9.17, 15) is 16.8 Å². The largest absolute Gasteiger partial charge is 0.378 e. The minimum Gasteiger partial charge on any atom is -0.378 e. The van der Waals surface area contributed by atoms with Gasteiger partial charge >= 0.3 is 0 Å². The van der Waals surface area contributed by atoms with Gasteiger partial charge in [-0.05, 0) is 62.3 Å². The van der Waals surface area contributed by atoms with Crippen molar-refractivity contribution in [3.05, 3.63) is 30.0 Å². The number of nitrogens with one attached hydrogen (secondary N) is 1. The molecule has 2 saturated heterocycles. The number of rotatable bonds is 7. The molecule has 1 aromatic carbocycles. The average molecular weight is 603 g/mol. The fourth-order valence-corrected chi connectivity index (χ4v) is 8.65. The molecule has 0 radical (unpaired) electrons. The average Bonchev–Trinajstić information content (AvgIpc) is 3.48. The number of hydrogen-bond acceptors (Lipinski definition) is 11. The van der Waals surface area contributed by atoms with Crippen LogP contribution in [0.3, 0.4) is 0 Å². The van der Waals surface area contributed by atoms with Gasteiger partial charge in [-0.3, -0.25) is 5.10 Å². The van der Waals surface area contributed by atoms with Crippen molar-refractivity contribution < 1.29 is 21.6 Å². The molecular weight excluding hydrogens is 568 g/mol. The first kappa shape index (κ1) is 27.8. The molecule has 1 aliphatic carbocycles.